The highest BCUT2D eigenvalue weighted by atomic mass is 16.6. The molecule has 0 atom stereocenters. The average molecular weight is 209 g/mol. The lowest BCUT2D eigenvalue weighted by atomic mass is 10.2. The summed E-state index contributed by atoms with van der Waals surface area (Å²) in [7, 11) is 0. The Morgan fingerprint density at radius 1 is 1.53 bits per heavy atom. The monoisotopic (exact) mass is 209 g/mol. The summed E-state index contributed by atoms with van der Waals surface area (Å²) in [4.78, 5) is 4.33. The molecule has 0 aliphatic carbocycles. The molecule has 1 aromatic heterocycles. The minimum absolute atomic E-state index is 0.0209. The standard InChI is InChI=1S/C11H15NO3/c1-2-9-3-8(5-13)4-11(12-9)15-10-6-14-7-10/h3-4,10,13H,2,5-7H2,1H3. The quantitative estimate of drug-likeness (QED) is 0.801. The zero-order valence-corrected chi connectivity index (χ0v) is 8.77. The van der Waals surface area contributed by atoms with E-state index in [2.05, 4.69) is 4.98 Å². The molecule has 4 heteroatoms. The molecule has 1 saturated heterocycles. The molecule has 0 saturated carbocycles. The van der Waals surface area contributed by atoms with Crippen molar-refractivity contribution in [3.05, 3.63) is 23.4 Å². The molecule has 82 valence electrons. The zero-order valence-electron chi connectivity index (χ0n) is 8.77. The largest absolute Gasteiger partial charge is 0.469 e. The van der Waals surface area contributed by atoms with Crippen LogP contribution in [0.5, 0.6) is 5.88 Å². The fraction of sp³-hybridized carbons (Fsp3) is 0.545. The third kappa shape index (κ3) is 2.46. The van der Waals surface area contributed by atoms with E-state index >= 15 is 0 Å². The number of hydrogen-bond donors (Lipinski definition) is 1. The molecule has 0 bridgehead atoms. The predicted molar refractivity (Wildman–Crippen MR) is 54.8 cm³/mol. The number of rotatable bonds is 4. The van der Waals surface area contributed by atoms with Gasteiger partial charge in [0.15, 0.2) is 0 Å². The van der Waals surface area contributed by atoms with E-state index in [1.165, 1.54) is 0 Å². The van der Waals surface area contributed by atoms with Gasteiger partial charge in [-0.15, -0.1) is 0 Å². The van der Waals surface area contributed by atoms with Crippen molar-refractivity contribution in [2.75, 3.05) is 13.2 Å². The van der Waals surface area contributed by atoms with E-state index in [0.717, 1.165) is 17.7 Å². The van der Waals surface area contributed by atoms with E-state index in [9.17, 15) is 0 Å². The van der Waals surface area contributed by atoms with Crippen LogP contribution in [0.3, 0.4) is 0 Å². The molecule has 1 N–H and O–H groups in total. The first kappa shape index (κ1) is 10.4. The van der Waals surface area contributed by atoms with Crippen LogP contribution < -0.4 is 4.74 Å². The van der Waals surface area contributed by atoms with E-state index in [1.54, 1.807) is 6.07 Å². The van der Waals surface area contributed by atoms with Crippen LogP contribution in [0.1, 0.15) is 18.2 Å². The molecule has 0 unspecified atom stereocenters. The van der Waals surface area contributed by atoms with Gasteiger partial charge in [0.05, 0.1) is 19.8 Å². The van der Waals surface area contributed by atoms with Crippen molar-refractivity contribution in [1.29, 1.82) is 0 Å². The molecule has 4 nitrogen and oxygen atoms in total. The SMILES string of the molecule is CCc1cc(CO)cc(OC2COC2)n1. The predicted octanol–water partition coefficient (Wildman–Crippen LogP) is 0.914. The van der Waals surface area contributed by atoms with E-state index < -0.39 is 0 Å². The fourth-order valence-corrected chi connectivity index (χ4v) is 1.41. The summed E-state index contributed by atoms with van der Waals surface area (Å²) in [5, 5.41) is 9.08. The molecule has 1 aliphatic rings. The summed E-state index contributed by atoms with van der Waals surface area (Å²) in [6.45, 7) is 3.31. The van der Waals surface area contributed by atoms with E-state index in [0.29, 0.717) is 19.1 Å². The third-order valence-electron chi connectivity index (χ3n) is 2.35. The van der Waals surface area contributed by atoms with E-state index in [-0.39, 0.29) is 12.7 Å². The van der Waals surface area contributed by atoms with Crippen molar-refractivity contribution in [2.24, 2.45) is 0 Å². The molecular weight excluding hydrogens is 194 g/mol. The number of aromatic nitrogens is 1. The molecule has 1 fully saturated rings. The summed E-state index contributed by atoms with van der Waals surface area (Å²) in [5.41, 5.74) is 1.79. The topological polar surface area (TPSA) is 51.6 Å². The molecule has 1 aliphatic heterocycles. The summed E-state index contributed by atoms with van der Waals surface area (Å²) in [5.74, 6) is 0.590. The van der Waals surface area contributed by atoms with Gasteiger partial charge in [0.2, 0.25) is 5.88 Å². The van der Waals surface area contributed by atoms with E-state index in [4.69, 9.17) is 14.6 Å². The Kier molecular flexibility index (Phi) is 3.18. The average Bonchev–Trinajstić information content (AvgIpc) is 2.23. The molecular formula is C11H15NO3. The van der Waals surface area contributed by atoms with Crippen molar-refractivity contribution in [3.8, 4) is 5.88 Å². The molecule has 2 heterocycles. The lowest BCUT2D eigenvalue weighted by Crippen LogP contribution is -2.38. The number of ether oxygens (including phenoxy) is 2. The highest BCUT2D eigenvalue weighted by Crippen LogP contribution is 2.17. The number of aliphatic hydroxyl groups is 1. The molecule has 1 aromatic rings. The van der Waals surface area contributed by atoms with Gasteiger partial charge in [0, 0.05) is 11.8 Å². The Balaban J connectivity index is 2.13. The van der Waals surface area contributed by atoms with Crippen molar-refractivity contribution >= 4 is 0 Å². The summed E-state index contributed by atoms with van der Waals surface area (Å²) >= 11 is 0. The second-order valence-corrected chi connectivity index (χ2v) is 3.59. The molecule has 0 aromatic carbocycles. The van der Waals surface area contributed by atoms with Gasteiger partial charge in [-0.3, -0.25) is 0 Å². The Hall–Kier alpha value is -1.13. The number of aryl methyl sites for hydroxylation is 1. The third-order valence-corrected chi connectivity index (χ3v) is 2.35. The van der Waals surface area contributed by atoms with Gasteiger partial charge in [-0.25, -0.2) is 4.98 Å². The Bertz CT molecular complexity index is 314. The van der Waals surface area contributed by atoms with Crippen molar-refractivity contribution < 1.29 is 14.6 Å². The molecule has 0 spiro atoms. The van der Waals surface area contributed by atoms with Gasteiger partial charge >= 0.3 is 0 Å². The number of nitrogens with zero attached hydrogens (tertiary/aromatic N) is 1. The second kappa shape index (κ2) is 4.59. The molecule has 2 rings (SSSR count). The van der Waals surface area contributed by atoms with Crippen molar-refractivity contribution in [1.82, 2.24) is 4.98 Å². The normalized spacial score (nSPS) is 16.1. The maximum absolute atomic E-state index is 9.08. The first-order valence-corrected chi connectivity index (χ1v) is 5.17. The summed E-state index contributed by atoms with van der Waals surface area (Å²) in [6.07, 6.45) is 0.960. The van der Waals surface area contributed by atoms with Gasteiger partial charge < -0.3 is 14.6 Å². The van der Waals surface area contributed by atoms with Gasteiger partial charge in [0.25, 0.3) is 0 Å². The van der Waals surface area contributed by atoms with Crippen LogP contribution in [0.25, 0.3) is 0 Å². The van der Waals surface area contributed by atoms with Crippen LogP contribution in [0.4, 0.5) is 0 Å². The summed E-state index contributed by atoms with van der Waals surface area (Å²) < 4.78 is 10.6. The van der Waals surface area contributed by atoms with Crippen LogP contribution in [0.2, 0.25) is 0 Å². The van der Waals surface area contributed by atoms with Crippen LogP contribution in [0.15, 0.2) is 12.1 Å². The van der Waals surface area contributed by atoms with Crippen molar-refractivity contribution in [2.45, 2.75) is 26.1 Å². The highest BCUT2D eigenvalue weighted by molar-refractivity contribution is 5.25. The number of pyridine rings is 1. The Labute approximate surface area is 88.9 Å². The lowest BCUT2D eigenvalue weighted by molar-refractivity contribution is -0.0814. The fourth-order valence-electron chi connectivity index (χ4n) is 1.41. The van der Waals surface area contributed by atoms with Crippen LogP contribution in [0, 0.1) is 0 Å². The maximum atomic E-state index is 9.08. The first-order chi connectivity index (χ1) is 7.31. The lowest BCUT2D eigenvalue weighted by Gasteiger charge is -2.26. The molecule has 15 heavy (non-hydrogen) atoms. The minimum Gasteiger partial charge on any atom is -0.469 e. The van der Waals surface area contributed by atoms with Crippen LogP contribution >= 0.6 is 0 Å². The van der Waals surface area contributed by atoms with Gasteiger partial charge in [-0.05, 0) is 18.1 Å². The smallest absolute Gasteiger partial charge is 0.214 e. The first-order valence-electron chi connectivity index (χ1n) is 5.17. The van der Waals surface area contributed by atoms with Gasteiger partial charge in [0.1, 0.15) is 6.10 Å². The highest BCUT2D eigenvalue weighted by Gasteiger charge is 2.20. The second-order valence-electron chi connectivity index (χ2n) is 3.59. The van der Waals surface area contributed by atoms with Crippen LogP contribution in [-0.4, -0.2) is 29.4 Å². The van der Waals surface area contributed by atoms with Gasteiger partial charge in [-0.2, -0.15) is 0 Å². The van der Waals surface area contributed by atoms with Crippen molar-refractivity contribution in [3.63, 3.8) is 0 Å². The Morgan fingerprint density at radius 2 is 2.33 bits per heavy atom. The Morgan fingerprint density at radius 3 is 2.87 bits per heavy atom. The summed E-state index contributed by atoms with van der Waals surface area (Å²) in [6, 6.07) is 3.67. The molecule has 0 radical (unpaired) electrons. The maximum Gasteiger partial charge on any atom is 0.214 e. The molecule has 0 amide bonds. The number of hydrogen-bond acceptors (Lipinski definition) is 4. The zero-order chi connectivity index (χ0) is 10.7. The van der Waals surface area contributed by atoms with Gasteiger partial charge in [-0.1, -0.05) is 6.92 Å². The van der Waals surface area contributed by atoms with Crippen LogP contribution in [-0.2, 0) is 17.8 Å². The van der Waals surface area contributed by atoms with E-state index in [1.807, 2.05) is 13.0 Å². The number of aliphatic hydroxyl groups excluding tert-OH is 1. The minimum atomic E-state index is 0.0209.